The Balaban J connectivity index is 2.75. The summed E-state index contributed by atoms with van der Waals surface area (Å²) in [6.45, 7) is 6.37. The molecule has 0 unspecified atom stereocenters. The van der Waals surface area contributed by atoms with Crippen molar-refractivity contribution < 1.29 is 8.78 Å². The fraction of sp³-hybridized carbons (Fsp3) is 0.0769. The summed E-state index contributed by atoms with van der Waals surface area (Å²) in [6.07, 6.45) is 0.962. The van der Waals surface area contributed by atoms with Crippen LogP contribution in [0.1, 0.15) is 0 Å². The zero-order valence-electron chi connectivity index (χ0n) is 9.14. The van der Waals surface area contributed by atoms with Gasteiger partial charge in [0, 0.05) is 22.3 Å². The topological polar surface area (TPSA) is 12.0 Å². The number of anilines is 1. The average molecular weight is 300 g/mol. The van der Waals surface area contributed by atoms with Gasteiger partial charge in [-0.05, 0) is 30.3 Å². The van der Waals surface area contributed by atoms with Crippen LogP contribution in [-0.4, -0.2) is 6.54 Å². The van der Waals surface area contributed by atoms with Crippen molar-refractivity contribution in [2.75, 3.05) is 11.9 Å². The van der Waals surface area contributed by atoms with Crippen LogP contribution in [0.25, 0.3) is 0 Å². The van der Waals surface area contributed by atoms with Crippen LogP contribution in [-0.2, 0) is 0 Å². The highest BCUT2D eigenvalue weighted by atomic mass is 79.9. The van der Waals surface area contributed by atoms with Crippen LogP contribution in [0, 0.1) is 0 Å². The Kier molecular flexibility index (Phi) is 5.10. The van der Waals surface area contributed by atoms with E-state index in [0.29, 0.717) is 0 Å². The van der Waals surface area contributed by atoms with Crippen molar-refractivity contribution in [1.82, 2.24) is 0 Å². The van der Waals surface area contributed by atoms with Gasteiger partial charge in [0.15, 0.2) is 0 Å². The summed E-state index contributed by atoms with van der Waals surface area (Å²) in [7, 11) is 0. The summed E-state index contributed by atoms with van der Waals surface area (Å²) in [4.78, 5) is 0. The van der Waals surface area contributed by atoms with Crippen molar-refractivity contribution in [2.45, 2.75) is 0 Å². The summed E-state index contributed by atoms with van der Waals surface area (Å²) in [5, 5.41) is 2.90. The lowest BCUT2D eigenvalue weighted by atomic mass is 10.2. The van der Waals surface area contributed by atoms with E-state index in [-0.39, 0.29) is 12.1 Å². The average Bonchev–Trinajstić information content (AvgIpc) is 2.31. The van der Waals surface area contributed by atoms with Gasteiger partial charge < -0.3 is 5.32 Å². The molecule has 0 saturated heterocycles. The molecule has 1 nitrogen and oxygen atoms in total. The first-order valence-electron chi connectivity index (χ1n) is 4.90. The van der Waals surface area contributed by atoms with Crippen molar-refractivity contribution in [3.63, 3.8) is 0 Å². The molecule has 0 radical (unpaired) electrons. The van der Waals surface area contributed by atoms with Crippen LogP contribution < -0.4 is 5.32 Å². The van der Waals surface area contributed by atoms with E-state index in [1.165, 1.54) is 0 Å². The molecule has 1 aromatic rings. The van der Waals surface area contributed by atoms with Gasteiger partial charge in [-0.2, -0.15) is 0 Å². The van der Waals surface area contributed by atoms with Crippen LogP contribution in [0.3, 0.4) is 0 Å². The van der Waals surface area contributed by atoms with Gasteiger partial charge in [0.2, 0.25) is 0 Å². The Morgan fingerprint density at radius 2 is 1.88 bits per heavy atom. The number of nitrogens with one attached hydrogen (secondary N) is 1. The Morgan fingerprint density at radius 3 is 2.35 bits per heavy atom. The molecule has 0 aromatic heterocycles. The number of allylic oxidation sites excluding steroid dienone is 2. The predicted octanol–water partition coefficient (Wildman–Crippen LogP) is 4.75. The lowest BCUT2D eigenvalue weighted by Gasteiger charge is -2.09. The van der Waals surface area contributed by atoms with E-state index < -0.39 is 11.7 Å². The van der Waals surface area contributed by atoms with Gasteiger partial charge in [0.1, 0.15) is 11.7 Å². The number of rotatable bonds is 5. The van der Waals surface area contributed by atoms with Crippen LogP contribution in [0.15, 0.2) is 65.2 Å². The van der Waals surface area contributed by atoms with Gasteiger partial charge in [0.05, 0.1) is 0 Å². The summed E-state index contributed by atoms with van der Waals surface area (Å²) >= 11 is 3.30. The highest BCUT2D eigenvalue weighted by Gasteiger charge is 2.07. The van der Waals surface area contributed by atoms with E-state index in [1.54, 1.807) is 12.1 Å². The second-order valence-electron chi connectivity index (χ2n) is 3.30. The van der Waals surface area contributed by atoms with Crippen LogP contribution in [0.5, 0.6) is 0 Å². The van der Waals surface area contributed by atoms with Gasteiger partial charge in [-0.3, -0.25) is 0 Å². The minimum atomic E-state index is -0.799. The van der Waals surface area contributed by atoms with Gasteiger partial charge in [-0.1, -0.05) is 29.1 Å². The highest BCUT2D eigenvalue weighted by Crippen LogP contribution is 2.19. The maximum atomic E-state index is 13.2. The summed E-state index contributed by atoms with van der Waals surface area (Å²) in [5.74, 6) is -1.51. The lowest BCUT2D eigenvalue weighted by molar-refractivity contribution is 0.609. The third kappa shape index (κ3) is 4.15. The van der Waals surface area contributed by atoms with E-state index in [2.05, 4.69) is 34.4 Å². The normalized spacial score (nSPS) is 11.7. The van der Waals surface area contributed by atoms with Crippen molar-refractivity contribution in [3.05, 3.63) is 65.2 Å². The Hall–Kier alpha value is -1.42. The monoisotopic (exact) mass is 299 g/mol. The molecule has 4 heteroatoms. The maximum Gasteiger partial charge on any atom is 0.130 e. The summed E-state index contributed by atoms with van der Waals surface area (Å²) < 4.78 is 27.1. The SMILES string of the molecule is C=C/C(F)=C(/CNc1ccc(Br)cc1)C(=C)F. The molecule has 0 fully saturated rings. The second-order valence-corrected chi connectivity index (χ2v) is 4.21. The largest absolute Gasteiger partial charge is 0.381 e. The van der Waals surface area contributed by atoms with E-state index in [4.69, 9.17) is 0 Å². The molecule has 0 amide bonds. The third-order valence-corrected chi connectivity index (χ3v) is 2.64. The number of hydrogen-bond donors (Lipinski definition) is 1. The minimum absolute atomic E-state index is 0.0226. The van der Waals surface area contributed by atoms with Crippen molar-refractivity contribution >= 4 is 21.6 Å². The van der Waals surface area contributed by atoms with E-state index in [1.807, 2.05) is 12.1 Å². The van der Waals surface area contributed by atoms with Crippen molar-refractivity contribution in [1.29, 1.82) is 0 Å². The van der Waals surface area contributed by atoms with Crippen molar-refractivity contribution in [2.24, 2.45) is 0 Å². The highest BCUT2D eigenvalue weighted by molar-refractivity contribution is 9.10. The van der Waals surface area contributed by atoms with Gasteiger partial charge in [-0.25, -0.2) is 8.78 Å². The minimum Gasteiger partial charge on any atom is -0.381 e. The smallest absolute Gasteiger partial charge is 0.130 e. The molecule has 0 saturated carbocycles. The molecule has 17 heavy (non-hydrogen) atoms. The molecule has 1 rings (SSSR count). The molecule has 0 atom stereocenters. The molecule has 0 spiro atoms. The quantitative estimate of drug-likeness (QED) is 0.773. The lowest BCUT2D eigenvalue weighted by Crippen LogP contribution is -2.06. The van der Waals surface area contributed by atoms with E-state index >= 15 is 0 Å². The Morgan fingerprint density at radius 1 is 1.29 bits per heavy atom. The van der Waals surface area contributed by atoms with Gasteiger partial charge in [-0.15, -0.1) is 0 Å². The zero-order valence-corrected chi connectivity index (χ0v) is 10.7. The third-order valence-electron chi connectivity index (χ3n) is 2.11. The zero-order chi connectivity index (χ0) is 12.8. The fourth-order valence-corrected chi connectivity index (χ4v) is 1.46. The Labute approximate surface area is 108 Å². The molecule has 1 N–H and O–H groups in total. The molecule has 0 aliphatic rings. The molecule has 0 aliphatic carbocycles. The number of hydrogen-bond acceptors (Lipinski definition) is 1. The van der Waals surface area contributed by atoms with Crippen LogP contribution in [0.2, 0.25) is 0 Å². The molecular weight excluding hydrogens is 288 g/mol. The van der Waals surface area contributed by atoms with Crippen LogP contribution in [0.4, 0.5) is 14.5 Å². The molecule has 0 heterocycles. The summed E-state index contributed by atoms with van der Waals surface area (Å²) in [5.41, 5.74) is 0.645. The van der Waals surface area contributed by atoms with Crippen LogP contribution >= 0.6 is 15.9 Å². The summed E-state index contributed by atoms with van der Waals surface area (Å²) in [6, 6.07) is 7.27. The molecule has 0 bridgehead atoms. The molecule has 1 aromatic carbocycles. The van der Waals surface area contributed by atoms with Crippen molar-refractivity contribution in [3.8, 4) is 0 Å². The van der Waals surface area contributed by atoms with Gasteiger partial charge in [0.25, 0.3) is 0 Å². The Bertz CT molecular complexity index is 449. The standard InChI is InChI=1S/C13H12BrF2N/c1-3-13(16)12(9(2)15)8-17-11-6-4-10(14)5-7-11/h3-7,17H,1-2,8H2/b13-12+. The number of halogens is 3. The second kappa shape index (κ2) is 6.35. The van der Waals surface area contributed by atoms with E-state index in [9.17, 15) is 8.78 Å². The fourth-order valence-electron chi connectivity index (χ4n) is 1.19. The maximum absolute atomic E-state index is 13.2. The predicted molar refractivity (Wildman–Crippen MR) is 71.2 cm³/mol. The molecular formula is C13H12BrF2N. The van der Waals surface area contributed by atoms with E-state index in [0.717, 1.165) is 16.2 Å². The first-order valence-corrected chi connectivity index (χ1v) is 5.69. The first-order chi connectivity index (χ1) is 8.04. The number of benzene rings is 1. The first kappa shape index (κ1) is 13.6. The molecule has 90 valence electrons. The van der Waals surface area contributed by atoms with Gasteiger partial charge >= 0.3 is 0 Å². The molecule has 0 aliphatic heterocycles.